The van der Waals surface area contributed by atoms with Crippen LogP contribution in [0.3, 0.4) is 0 Å². The Balaban J connectivity index is 2.56. The van der Waals surface area contributed by atoms with Crippen LogP contribution in [0.15, 0.2) is 30.3 Å². The van der Waals surface area contributed by atoms with Crippen molar-refractivity contribution in [3.8, 4) is 0 Å². The summed E-state index contributed by atoms with van der Waals surface area (Å²) in [7, 11) is 0. The Morgan fingerprint density at radius 1 is 1.31 bits per heavy atom. The number of aliphatic hydroxyl groups excluding tert-OH is 1. The smallest absolute Gasteiger partial charge is 0.105 e. The van der Waals surface area contributed by atoms with E-state index in [9.17, 15) is 0 Å². The quantitative estimate of drug-likeness (QED) is 0.752. The van der Waals surface area contributed by atoms with Crippen LogP contribution in [0, 0.1) is 0 Å². The molecule has 1 rings (SSSR count). The average molecular weight is 180 g/mol. The highest BCUT2D eigenvalue weighted by Gasteiger charge is 2.08. The van der Waals surface area contributed by atoms with Gasteiger partial charge in [-0.1, -0.05) is 37.3 Å². The maximum Gasteiger partial charge on any atom is 0.105 e. The Morgan fingerprint density at radius 3 is 2.54 bits per heavy atom. The SMILES string of the molecule is CCCOC(CO)c1ccccc1. The second kappa shape index (κ2) is 5.73. The topological polar surface area (TPSA) is 29.5 Å². The van der Waals surface area contributed by atoms with Gasteiger partial charge in [-0.15, -0.1) is 0 Å². The van der Waals surface area contributed by atoms with Crippen LogP contribution in [0.2, 0.25) is 0 Å². The third-order valence-corrected chi connectivity index (χ3v) is 1.86. The predicted octanol–water partition coefficient (Wildman–Crippen LogP) is 2.15. The third kappa shape index (κ3) is 3.17. The van der Waals surface area contributed by atoms with Gasteiger partial charge in [0.1, 0.15) is 6.10 Å². The Morgan fingerprint density at radius 2 is 2.00 bits per heavy atom. The zero-order valence-corrected chi connectivity index (χ0v) is 7.94. The van der Waals surface area contributed by atoms with E-state index in [1.807, 2.05) is 30.3 Å². The number of aliphatic hydroxyl groups is 1. The molecule has 13 heavy (non-hydrogen) atoms. The van der Waals surface area contributed by atoms with Crippen molar-refractivity contribution in [2.75, 3.05) is 13.2 Å². The normalized spacial score (nSPS) is 12.8. The Kier molecular flexibility index (Phi) is 4.50. The lowest BCUT2D eigenvalue weighted by Gasteiger charge is -2.14. The van der Waals surface area contributed by atoms with Gasteiger partial charge in [-0.2, -0.15) is 0 Å². The zero-order chi connectivity index (χ0) is 9.52. The van der Waals surface area contributed by atoms with Crippen LogP contribution in [-0.4, -0.2) is 18.3 Å². The average Bonchev–Trinajstić information content (AvgIpc) is 2.21. The van der Waals surface area contributed by atoms with E-state index in [-0.39, 0.29) is 12.7 Å². The second-order valence-electron chi connectivity index (χ2n) is 2.95. The van der Waals surface area contributed by atoms with Crippen molar-refractivity contribution >= 4 is 0 Å². The summed E-state index contributed by atoms with van der Waals surface area (Å²) in [6.45, 7) is 2.80. The molecule has 0 saturated heterocycles. The Bertz CT molecular complexity index is 221. The van der Waals surface area contributed by atoms with Gasteiger partial charge in [0.25, 0.3) is 0 Å². The maximum absolute atomic E-state index is 9.08. The molecule has 0 aliphatic heterocycles. The van der Waals surface area contributed by atoms with Crippen molar-refractivity contribution in [3.63, 3.8) is 0 Å². The molecule has 0 aromatic heterocycles. The van der Waals surface area contributed by atoms with E-state index in [1.54, 1.807) is 0 Å². The largest absolute Gasteiger partial charge is 0.393 e. The number of hydrogen-bond donors (Lipinski definition) is 1. The molecule has 1 unspecified atom stereocenters. The summed E-state index contributed by atoms with van der Waals surface area (Å²) in [5.41, 5.74) is 1.04. The first-order chi connectivity index (χ1) is 6.38. The highest BCUT2D eigenvalue weighted by Crippen LogP contribution is 2.15. The molecule has 0 spiro atoms. The van der Waals surface area contributed by atoms with E-state index >= 15 is 0 Å². The van der Waals surface area contributed by atoms with E-state index in [0.29, 0.717) is 6.61 Å². The van der Waals surface area contributed by atoms with Gasteiger partial charge in [0, 0.05) is 6.61 Å². The van der Waals surface area contributed by atoms with Gasteiger partial charge in [0.2, 0.25) is 0 Å². The van der Waals surface area contributed by atoms with E-state index < -0.39 is 0 Å². The molecule has 2 nitrogen and oxygen atoms in total. The van der Waals surface area contributed by atoms with Gasteiger partial charge in [0.05, 0.1) is 6.61 Å². The van der Waals surface area contributed by atoms with Crippen molar-refractivity contribution in [3.05, 3.63) is 35.9 Å². The highest BCUT2D eigenvalue weighted by molar-refractivity contribution is 5.17. The van der Waals surface area contributed by atoms with Crippen molar-refractivity contribution in [2.24, 2.45) is 0 Å². The number of rotatable bonds is 5. The fraction of sp³-hybridized carbons (Fsp3) is 0.455. The molecule has 0 aliphatic carbocycles. The van der Waals surface area contributed by atoms with Gasteiger partial charge in [-0.05, 0) is 12.0 Å². The van der Waals surface area contributed by atoms with Crippen LogP contribution in [-0.2, 0) is 4.74 Å². The standard InChI is InChI=1S/C11H16O2/c1-2-8-13-11(9-12)10-6-4-3-5-7-10/h3-7,11-12H,2,8-9H2,1H3. The molecular weight excluding hydrogens is 164 g/mol. The van der Waals surface area contributed by atoms with Crippen LogP contribution in [0.25, 0.3) is 0 Å². The highest BCUT2D eigenvalue weighted by atomic mass is 16.5. The molecule has 0 saturated carbocycles. The third-order valence-electron chi connectivity index (χ3n) is 1.86. The fourth-order valence-electron chi connectivity index (χ4n) is 1.18. The lowest BCUT2D eigenvalue weighted by atomic mass is 10.1. The first kappa shape index (κ1) is 10.2. The molecule has 1 aromatic rings. The molecule has 1 aromatic carbocycles. The predicted molar refractivity (Wildman–Crippen MR) is 52.5 cm³/mol. The molecule has 0 heterocycles. The lowest BCUT2D eigenvalue weighted by Crippen LogP contribution is -2.09. The molecular formula is C11H16O2. The summed E-state index contributed by atoms with van der Waals surface area (Å²) in [6, 6.07) is 9.80. The molecule has 0 radical (unpaired) electrons. The van der Waals surface area contributed by atoms with Crippen LogP contribution in [0.1, 0.15) is 25.0 Å². The summed E-state index contributed by atoms with van der Waals surface area (Å²) in [5.74, 6) is 0. The van der Waals surface area contributed by atoms with E-state index in [0.717, 1.165) is 12.0 Å². The van der Waals surface area contributed by atoms with E-state index in [4.69, 9.17) is 9.84 Å². The molecule has 1 N–H and O–H groups in total. The van der Waals surface area contributed by atoms with Crippen LogP contribution >= 0.6 is 0 Å². The molecule has 0 amide bonds. The minimum atomic E-state index is -0.166. The minimum Gasteiger partial charge on any atom is -0.393 e. The molecule has 1 atom stereocenters. The van der Waals surface area contributed by atoms with Gasteiger partial charge in [-0.3, -0.25) is 0 Å². The summed E-state index contributed by atoms with van der Waals surface area (Å²) in [4.78, 5) is 0. The van der Waals surface area contributed by atoms with Crippen LogP contribution < -0.4 is 0 Å². The lowest BCUT2D eigenvalue weighted by molar-refractivity contribution is 0.0121. The number of benzene rings is 1. The fourth-order valence-corrected chi connectivity index (χ4v) is 1.18. The van der Waals surface area contributed by atoms with Crippen molar-refractivity contribution in [1.29, 1.82) is 0 Å². The molecule has 72 valence electrons. The van der Waals surface area contributed by atoms with Crippen LogP contribution in [0.5, 0.6) is 0 Å². The monoisotopic (exact) mass is 180 g/mol. The first-order valence-electron chi connectivity index (χ1n) is 4.66. The Hall–Kier alpha value is -0.860. The Labute approximate surface area is 79.2 Å². The van der Waals surface area contributed by atoms with Crippen molar-refractivity contribution in [2.45, 2.75) is 19.4 Å². The minimum absolute atomic E-state index is 0.0456. The van der Waals surface area contributed by atoms with Crippen LogP contribution in [0.4, 0.5) is 0 Å². The van der Waals surface area contributed by atoms with Gasteiger partial charge >= 0.3 is 0 Å². The molecule has 0 bridgehead atoms. The first-order valence-corrected chi connectivity index (χ1v) is 4.66. The second-order valence-corrected chi connectivity index (χ2v) is 2.95. The van der Waals surface area contributed by atoms with Gasteiger partial charge < -0.3 is 9.84 Å². The van der Waals surface area contributed by atoms with Crippen molar-refractivity contribution in [1.82, 2.24) is 0 Å². The zero-order valence-electron chi connectivity index (χ0n) is 7.94. The van der Waals surface area contributed by atoms with Gasteiger partial charge in [-0.25, -0.2) is 0 Å². The van der Waals surface area contributed by atoms with E-state index in [1.165, 1.54) is 0 Å². The molecule has 0 aliphatic rings. The summed E-state index contributed by atoms with van der Waals surface area (Å²) < 4.78 is 5.48. The van der Waals surface area contributed by atoms with Crippen molar-refractivity contribution < 1.29 is 9.84 Å². The number of hydrogen-bond acceptors (Lipinski definition) is 2. The van der Waals surface area contributed by atoms with E-state index in [2.05, 4.69) is 6.92 Å². The molecule has 2 heteroatoms. The molecule has 0 fully saturated rings. The maximum atomic E-state index is 9.08. The summed E-state index contributed by atoms with van der Waals surface area (Å²) >= 11 is 0. The summed E-state index contributed by atoms with van der Waals surface area (Å²) in [5, 5.41) is 9.08. The summed E-state index contributed by atoms with van der Waals surface area (Å²) in [6.07, 6.45) is 0.810. The number of ether oxygens (including phenoxy) is 1. The van der Waals surface area contributed by atoms with Gasteiger partial charge in [0.15, 0.2) is 0 Å².